The summed E-state index contributed by atoms with van der Waals surface area (Å²) in [5.74, 6) is 0.588. The minimum atomic E-state index is -3.84. The molecule has 3 aromatic carbocycles. The van der Waals surface area contributed by atoms with Crippen molar-refractivity contribution in [3.8, 4) is 5.75 Å². The zero-order chi connectivity index (χ0) is 24.0. The Hall–Kier alpha value is -3.36. The van der Waals surface area contributed by atoms with Gasteiger partial charge in [-0.05, 0) is 48.4 Å². The number of piperazine rings is 1. The first-order chi connectivity index (χ1) is 16.5. The highest BCUT2D eigenvalue weighted by atomic mass is 32.2. The first-order valence-corrected chi connectivity index (χ1v) is 12.7. The topological polar surface area (TPSA) is 79.0 Å². The summed E-state index contributed by atoms with van der Waals surface area (Å²) in [5, 5.41) is 0. The Bertz CT molecular complexity index is 1180. The van der Waals surface area contributed by atoms with E-state index in [2.05, 4.69) is 9.62 Å². The number of benzene rings is 3. The second-order valence-corrected chi connectivity index (χ2v) is 9.90. The molecule has 0 saturated carbocycles. The van der Waals surface area contributed by atoms with E-state index in [1.165, 1.54) is 12.1 Å². The predicted octanol–water partition coefficient (Wildman–Crippen LogP) is 2.93. The van der Waals surface area contributed by atoms with Crippen molar-refractivity contribution in [2.45, 2.75) is 17.4 Å². The standard InChI is InChI=1S/C26H29N3O4S/c1-33-23-14-12-22(13-15-23)28-16-18-29(19-17-28)26(30)25(20-21-8-4-2-5-9-21)27-34(31,32)24-10-6-3-7-11-24/h2-15,25,27H,16-20H2,1H3. The van der Waals surface area contributed by atoms with Gasteiger partial charge in [-0.2, -0.15) is 4.72 Å². The van der Waals surface area contributed by atoms with Crippen molar-refractivity contribution in [1.29, 1.82) is 0 Å². The van der Waals surface area contributed by atoms with Crippen molar-refractivity contribution < 1.29 is 17.9 Å². The highest BCUT2D eigenvalue weighted by Crippen LogP contribution is 2.21. The summed E-state index contributed by atoms with van der Waals surface area (Å²) < 4.78 is 33.9. The van der Waals surface area contributed by atoms with E-state index < -0.39 is 16.1 Å². The first-order valence-electron chi connectivity index (χ1n) is 11.3. The Labute approximate surface area is 201 Å². The molecule has 0 bridgehead atoms. The van der Waals surface area contributed by atoms with Gasteiger partial charge in [-0.15, -0.1) is 0 Å². The molecule has 34 heavy (non-hydrogen) atoms. The van der Waals surface area contributed by atoms with Gasteiger partial charge < -0.3 is 14.5 Å². The molecule has 1 heterocycles. The summed E-state index contributed by atoms with van der Waals surface area (Å²) in [4.78, 5) is 17.6. The second kappa shape index (κ2) is 10.7. The van der Waals surface area contributed by atoms with Crippen molar-refractivity contribution in [3.63, 3.8) is 0 Å². The van der Waals surface area contributed by atoms with E-state index in [0.29, 0.717) is 26.2 Å². The molecule has 1 unspecified atom stereocenters. The van der Waals surface area contributed by atoms with E-state index in [0.717, 1.165) is 17.0 Å². The van der Waals surface area contributed by atoms with Gasteiger partial charge in [0, 0.05) is 31.9 Å². The number of nitrogens with zero attached hydrogens (tertiary/aromatic N) is 2. The van der Waals surface area contributed by atoms with Gasteiger partial charge in [-0.25, -0.2) is 8.42 Å². The monoisotopic (exact) mass is 479 g/mol. The summed E-state index contributed by atoms with van der Waals surface area (Å²) in [5.41, 5.74) is 1.96. The maximum atomic E-state index is 13.5. The molecule has 1 fully saturated rings. The molecule has 0 aromatic heterocycles. The third-order valence-corrected chi connectivity index (χ3v) is 7.45. The van der Waals surface area contributed by atoms with Gasteiger partial charge in [0.05, 0.1) is 12.0 Å². The molecular weight excluding hydrogens is 450 g/mol. The Morgan fingerprint density at radius 1 is 0.882 bits per heavy atom. The second-order valence-electron chi connectivity index (χ2n) is 8.19. The van der Waals surface area contributed by atoms with E-state index in [4.69, 9.17) is 4.74 Å². The van der Waals surface area contributed by atoms with Crippen molar-refractivity contribution in [2.75, 3.05) is 38.2 Å². The van der Waals surface area contributed by atoms with Crippen LogP contribution in [0.25, 0.3) is 0 Å². The van der Waals surface area contributed by atoms with Crippen LogP contribution in [0.5, 0.6) is 5.75 Å². The van der Waals surface area contributed by atoms with Crippen molar-refractivity contribution >= 4 is 21.6 Å². The molecule has 0 spiro atoms. The molecule has 1 aliphatic rings. The van der Waals surface area contributed by atoms with Crippen molar-refractivity contribution in [3.05, 3.63) is 90.5 Å². The SMILES string of the molecule is COc1ccc(N2CCN(C(=O)C(Cc3ccccc3)NS(=O)(=O)c3ccccc3)CC2)cc1. The third kappa shape index (κ3) is 5.76. The fourth-order valence-corrected chi connectivity index (χ4v) is 5.29. The molecule has 1 saturated heterocycles. The van der Waals surface area contributed by atoms with Gasteiger partial charge >= 0.3 is 0 Å². The first kappa shape index (κ1) is 23.8. The van der Waals surface area contributed by atoms with E-state index in [1.54, 1.807) is 30.2 Å². The maximum Gasteiger partial charge on any atom is 0.241 e. The van der Waals surface area contributed by atoms with Gasteiger partial charge in [0.2, 0.25) is 15.9 Å². The number of carbonyl (C=O) groups excluding carboxylic acids is 1. The molecule has 1 amide bonds. The molecule has 1 N–H and O–H groups in total. The molecule has 1 atom stereocenters. The van der Waals surface area contributed by atoms with Crippen LogP contribution in [0.4, 0.5) is 5.69 Å². The van der Waals surface area contributed by atoms with E-state index >= 15 is 0 Å². The number of ether oxygens (including phenoxy) is 1. The van der Waals surface area contributed by atoms with Crippen molar-refractivity contribution in [1.82, 2.24) is 9.62 Å². The quantitative estimate of drug-likeness (QED) is 0.538. The average molecular weight is 480 g/mol. The number of nitrogens with one attached hydrogen (secondary N) is 1. The minimum Gasteiger partial charge on any atom is -0.497 e. The lowest BCUT2D eigenvalue weighted by Gasteiger charge is -2.37. The molecule has 0 aliphatic carbocycles. The van der Waals surface area contributed by atoms with Gasteiger partial charge in [0.1, 0.15) is 11.8 Å². The maximum absolute atomic E-state index is 13.5. The highest BCUT2D eigenvalue weighted by Gasteiger charge is 2.31. The van der Waals surface area contributed by atoms with Crippen LogP contribution >= 0.6 is 0 Å². The summed E-state index contributed by atoms with van der Waals surface area (Å²) >= 11 is 0. The number of sulfonamides is 1. The number of methoxy groups -OCH3 is 1. The number of hydrogen-bond donors (Lipinski definition) is 1. The molecule has 8 heteroatoms. The van der Waals surface area contributed by atoms with Gasteiger partial charge in [-0.3, -0.25) is 4.79 Å². The van der Waals surface area contributed by atoms with Crippen LogP contribution < -0.4 is 14.4 Å². The number of carbonyl (C=O) groups is 1. The van der Waals surface area contributed by atoms with Crippen LogP contribution in [0.1, 0.15) is 5.56 Å². The van der Waals surface area contributed by atoms with Crippen LogP contribution in [-0.4, -0.2) is 58.6 Å². The highest BCUT2D eigenvalue weighted by molar-refractivity contribution is 7.89. The van der Waals surface area contributed by atoms with Crippen LogP contribution in [0.3, 0.4) is 0 Å². The van der Waals surface area contributed by atoms with E-state index in [1.807, 2.05) is 54.6 Å². The predicted molar refractivity (Wildman–Crippen MR) is 132 cm³/mol. The number of rotatable bonds is 8. The fourth-order valence-electron chi connectivity index (χ4n) is 4.08. The summed E-state index contributed by atoms with van der Waals surface area (Å²) in [6.07, 6.45) is 0.282. The molecule has 4 rings (SSSR count). The van der Waals surface area contributed by atoms with Crippen LogP contribution in [0, 0.1) is 0 Å². The summed E-state index contributed by atoms with van der Waals surface area (Å²) in [7, 11) is -2.21. The zero-order valence-corrected chi connectivity index (χ0v) is 19.9. The molecule has 0 radical (unpaired) electrons. The molecule has 3 aromatic rings. The summed E-state index contributed by atoms with van der Waals surface area (Å²) in [6.45, 7) is 2.37. The third-order valence-electron chi connectivity index (χ3n) is 5.96. The Kier molecular flexibility index (Phi) is 7.49. The lowest BCUT2D eigenvalue weighted by Crippen LogP contribution is -2.55. The molecule has 7 nitrogen and oxygen atoms in total. The van der Waals surface area contributed by atoms with Gasteiger partial charge in [0.25, 0.3) is 0 Å². The number of amides is 1. The Morgan fingerprint density at radius 2 is 1.47 bits per heavy atom. The van der Waals surface area contributed by atoms with E-state index in [-0.39, 0.29) is 17.2 Å². The van der Waals surface area contributed by atoms with E-state index in [9.17, 15) is 13.2 Å². The minimum absolute atomic E-state index is 0.144. The van der Waals surface area contributed by atoms with Crippen LogP contribution in [-0.2, 0) is 21.2 Å². The average Bonchev–Trinajstić information content (AvgIpc) is 2.89. The molecular formula is C26H29N3O4S. The molecule has 1 aliphatic heterocycles. The number of anilines is 1. The van der Waals surface area contributed by atoms with Gasteiger partial charge in [-0.1, -0.05) is 48.5 Å². The Balaban J connectivity index is 1.48. The summed E-state index contributed by atoms with van der Waals surface area (Å²) in [6, 6.07) is 24.6. The van der Waals surface area contributed by atoms with Gasteiger partial charge in [0.15, 0.2) is 0 Å². The normalized spacial score (nSPS) is 15.1. The smallest absolute Gasteiger partial charge is 0.241 e. The number of hydrogen-bond acceptors (Lipinski definition) is 5. The largest absolute Gasteiger partial charge is 0.497 e. The molecule has 178 valence electrons. The Morgan fingerprint density at radius 3 is 2.06 bits per heavy atom. The van der Waals surface area contributed by atoms with Crippen LogP contribution in [0.15, 0.2) is 89.8 Å². The van der Waals surface area contributed by atoms with Crippen molar-refractivity contribution in [2.24, 2.45) is 0 Å². The fraction of sp³-hybridized carbons (Fsp3) is 0.269. The lowest BCUT2D eigenvalue weighted by atomic mass is 10.1. The zero-order valence-electron chi connectivity index (χ0n) is 19.1. The lowest BCUT2D eigenvalue weighted by molar-refractivity contribution is -0.133. The van der Waals surface area contributed by atoms with Crippen LogP contribution in [0.2, 0.25) is 0 Å².